The zero-order chi connectivity index (χ0) is 21.3. The maximum atomic E-state index is 11.9. The molecule has 3 rings (SSSR count). The van der Waals surface area contributed by atoms with Crippen molar-refractivity contribution >= 4 is 29.4 Å². The largest absolute Gasteiger partial charge is 0.489 e. The highest BCUT2D eigenvalue weighted by atomic mass is 35.5. The highest BCUT2D eigenvalue weighted by molar-refractivity contribution is 6.30. The van der Waals surface area contributed by atoms with E-state index in [1.165, 1.54) is 18.3 Å². The molecule has 0 atom stereocenters. The van der Waals surface area contributed by atoms with E-state index in [4.69, 9.17) is 16.3 Å². The molecule has 1 amide bonds. The second-order valence-electron chi connectivity index (χ2n) is 6.38. The van der Waals surface area contributed by atoms with E-state index in [1.807, 2.05) is 48.5 Å². The smallest absolute Gasteiger partial charge is 0.269 e. The van der Waals surface area contributed by atoms with Crippen molar-refractivity contribution in [3.05, 3.63) is 105 Å². The van der Waals surface area contributed by atoms with Crippen LogP contribution in [0.2, 0.25) is 5.02 Å². The molecular formula is C22H18ClN3O4. The average Bonchev–Trinajstić information content (AvgIpc) is 2.74. The number of benzene rings is 3. The van der Waals surface area contributed by atoms with Crippen LogP contribution in [0.25, 0.3) is 0 Å². The summed E-state index contributed by atoms with van der Waals surface area (Å²) < 4.78 is 5.72. The van der Waals surface area contributed by atoms with E-state index < -0.39 is 4.92 Å². The molecule has 0 fully saturated rings. The SMILES string of the molecule is O=C(Cc1ccc([N+](=O)[O-])cc1)N/N=C\c1ccc(OCc2ccc(Cl)cc2)cc1. The number of rotatable bonds is 8. The molecule has 0 saturated carbocycles. The van der Waals surface area contributed by atoms with E-state index in [-0.39, 0.29) is 18.0 Å². The Kier molecular flexibility index (Phi) is 7.13. The molecule has 7 nitrogen and oxygen atoms in total. The molecule has 0 unspecified atom stereocenters. The summed E-state index contributed by atoms with van der Waals surface area (Å²) in [5, 5.41) is 15.3. The Bertz CT molecular complexity index is 1030. The molecule has 0 aliphatic heterocycles. The highest BCUT2D eigenvalue weighted by Crippen LogP contribution is 2.15. The van der Waals surface area contributed by atoms with Gasteiger partial charge in [0.25, 0.3) is 5.69 Å². The molecule has 3 aromatic carbocycles. The molecule has 3 aromatic rings. The number of ether oxygens (including phenoxy) is 1. The summed E-state index contributed by atoms with van der Waals surface area (Å²) in [6.07, 6.45) is 1.60. The summed E-state index contributed by atoms with van der Waals surface area (Å²) in [6.45, 7) is 0.434. The number of hydrogen-bond donors (Lipinski definition) is 1. The van der Waals surface area contributed by atoms with Crippen molar-refractivity contribution in [1.29, 1.82) is 0 Å². The third-order valence-corrected chi connectivity index (χ3v) is 4.37. The third-order valence-electron chi connectivity index (χ3n) is 4.11. The van der Waals surface area contributed by atoms with Gasteiger partial charge in [-0.05, 0) is 53.1 Å². The number of hydrazone groups is 1. The minimum Gasteiger partial charge on any atom is -0.489 e. The summed E-state index contributed by atoms with van der Waals surface area (Å²) >= 11 is 5.86. The molecule has 0 aromatic heterocycles. The Morgan fingerprint density at radius 1 is 1.00 bits per heavy atom. The minimum atomic E-state index is -0.484. The number of nitro benzene ring substituents is 1. The molecule has 0 saturated heterocycles. The normalized spacial score (nSPS) is 10.7. The fourth-order valence-corrected chi connectivity index (χ4v) is 2.66. The molecule has 30 heavy (non-hydrogen) atoms. The highest BCUT2D eigenvalue weighted by Gasteiger charge is 2.06. The lowest BCUT2D eigenvalue weighted by atomic mass is 10.1. The fraction of sp³-hybridized carbons (Fsp3) is 0.0909. The predicted octanol–water partition coefficient (Wildman–Crippen LogP) is 4.52. The van der Waals surface area contributed by atoms with Crippen molar-refractivity contribution < 1.29 is 14.5 Å². The van der Waals surface area contributed by atoms with Gasteiger partial charge in [0, 0.05) is 17.2 Å². The fourth-order valence-electron chi connectivity index (χ4n) is 2.54. The Hall–Kier alpha value is -3.71. The summed E-state index contributed by atoms with van der Waals surface area (Å²) in [6, 6.07) is 20.5. The summed E-state index contributed by atoms with van der Waals surface area (Å²) in [5.74, 6) is 0.396. The molecule has 0 heterocycles. The quantitative estimate of drug-likeness (QED) is 0.327. The first-order valence-corrected chi connectivity index (χ1v) is 9.40. The summed E-state index contributed by atoms with van der Waals surface area (Å²) in [7, 11) is 0. The van der Waals surface area contributed by atoms with Gasteiger partial charge in [-0.3, -0.25) is 14.9 Å². The molecule has 0 radical (unpaired) electrons. The standard InChI is InChI=1S/C22H18ClN3O4/c23-19-7-1-18(2-8-19)15-30-21-11-5-17(6-12-21)14-24-25-22(27)13-16-3-9-20(10-4-16)26(28)29/h1-12,14H,13,15H2,(H,25,27)/b24-14-. The lowest BCUT2D eigenvalue weighted by molar-refractivity contribution is -0.384. The van der Waals surface area contributed by atoms with Crippen molar-refractivity contribution in [2.75, 3.05) is 0 Å². The van der Waals surface area contributed by atoms with E-state index in [0.717, 1.165) is 11.1 Å². The molecular weight excluding hydrogens is 406 g/mol. The van der Waals surface area contributed by atoms with E-state index in [1.54, 1.807) is 12.1 Å². The van der Waals surface area contributed by atoms with Gasteiger partial charge in [-0.25, -0.2) is 5.43 Å². The van der Waals surface area contributed by atoms with Gasteiger partial charge in [0.1, 0.15) is 12.4 Å². The lowest BCUT2D eigenvalue weighted by Crippen LogP contribution is -2.19. The van der Waals surface area contributed by atoms with E-state index in [9.17, 15) is 14.9 Å². The predicted molar refractivity (Wildman–Crippen MR) is 115 cm³/mol. The number of carbonyl (C=O) groups is 1. The van der Waals surface area contributed by atoms with Crippen LogP contribution in [0, 0.1) is 10.1 Å². The first kappa shape index (κ1) is 21.0. The molecule has 1 N–H and O–H groups in total. The van der Waals surface area contributed by atoms with Crippen molar-refractivity contribution in [2.45, 2.75) is 13.0 Å². The number of non-ortho nitro benzene ring substituents is 1. The van der Waals surface area contributed by atoms with Crippen molar-refractivity contribution in [2.24, 2.45) is 5.10 Å². The number of nitrogens with zero attached hydrogens (tertiary/aromatic N) is 2. The van der Waals surface area contributed by atoms with Crippen molar-refractivity contribution in [3.8, 4) is 5.75 Å². The first-order valence-electron chi connectivity index (χ1n) is 9.02. The van der Waals surface area contributed by atoms with Crippen LogP contribution in [-0.2, 0) is 17.8 Å². The molecule has 152 valence electrons. The number of hydrogen-bond acceptors (Lipinski definition) is 5. The number of amides is 1. The number of nitrogens with one attached hydrogen (secondary N) is 1. The summed E-state index contributed by atoms with van der Waals surface area (Å²) in [5.41, 5.74) is 4.89. The molecule has 0 aliphatic carbocycles. The second-order valence-corrected chi connectivity index (χ2v) is 6.81. The monoisotopic (exact) mass is 423 g/mol. The van der Waals surface area contributed by atoms with E-state index in [2.05, 4.69) is 10.5 Å². The Balaban J connectivity index is 1.45. The van der Waals surface area contributed by atoms with Crippen LogP contribution < -0.4 is 10.2 Å². The van der Waals surface area contributed by atoms with Crippen LogP contribution in [0.5, 0.6) is 5.75 Å². The lowest BCUT2D eigenvalue weighted by Gasteiger charge is -2.06. The number of halogens is 1. The second kappa shape index (κ2) is 10.2. The average molecular weight is 424 g/mol. The van der Waals surface area contributed by atoms with Gasteiger partial charge in [0.15, 0.2) is 0 Å². The molecule has 0 spiro atoms. The summed E-state index contributed by atoms with van der Waals surface area (Å²) in [4.78, 5) is 22.1. The maximum absolute atomic E-state index is 11.9. The van der Waals surface area contributed by atoms with Gasteiger partial charge in [-0.2, -0.15) is 5.10 Å². The van der Waals surface area contributed by atoms with Gasteiger partial charge in [-0.1, -0.05) is 35.9 Å². The van der Waals surface area contributed by atoms with Crippen LogP contribution in [0.4, 0.5) is 5.69 Å². The van der Waals surface area contributed by atoms with E-state index >= 15 is 0 Å². The molecule has 0 aliphatic rings. The minimum absolute atomic E-state index is 0.0160. The van der Waals surface area contributed by atoms with Crippen molar-refractivity contribution in [1.82, 2.24) is 5.43 Å². The number of carbonyl (C=O) groups excluding carboxylic acids is 1. The van der Waals surface area contributed by atoms with Gasteiger partial charge in [0.2, 0.25) is 5.91 Å². The van der Waals surface area contributed by atoms with Gasteiger partial charge < -0.3 is 4.74 Å². The van der Waals surface area contributed by atoms with Crippen LogP contribution >= 0.6 is 11.6 Å². The van der Waals surface area contributed by atoms with Crippen LogP contribution in [-0.4, -0.2) is 17.0 Å². The van der Waals surface area contributed by atoms with Crippen molar-refractivity contribution in [3.63, 3.8) is 0 Å². The van der Waals surface area contributed by atoms with Crippen LogP contribution in [0.15, 0.2) is 77.9 Å². The first-order chi connectivity index (χ1) is 14.5. The maximum Gasteiger partial charge on any atom is 0.269 e. The Morgan fingerprint density at radius 2 is 1.63 bits per heavy atom. The van der Waals surface area contributed by atoms with Gasteiger partial charge in [-0.15, -0.1) is 0 Å². The Labute approximate surface area is 178 Å². The third kappa shape index (κ3) is 6.42. The topological polar surface area (TPSA) is 93.8 Å². The molecule has 8 heteroatoms. The number of nitro groups is 1. The van der Waals surface area contributed by atoms with Crippen LogP contribution in [0.3, 0.4) is 0 Å². The van der Waals surface area contributed by atoms with Gasteiger partial charge in [0.05, 0.1) is 17.6 Å². The Morgan fingerprint density at radius 3 is 2.27 bits per heavy atom. The molecule has 0 bridgehead atoms. The van der Waals surface area contributed by atoms with Gasteiger partial charge >= 0.3 is 0 Å². The zero-order valence-electron chi connectivity index (χ0n) is 15.8. The zero-order valence-corrected chi connectivity index (χ0v) is 16.6. The van der Waals surface area contributed by atoms with E-state index in [0.29, 0.717) is 22.9 Å². The van der Waals surface area contributed by atoms with Crippen LogP contribution in [0.1, 0.15) is 16.7 Å².